The molecular weight excluding hydrogens is 393 g/mol. The molecule has 2 aromatic heterocycles. The van der Waals surface area contributed by atoms with Gasteiger partial charge in [0.05, 0.1) is 25.0 Å². The normalized spacial score (nSPS) is 16.2. The second kappa shape index (κ2) is 8.53. The first-order chi connectivity index (χ1) is 13.8. The van der Waals surface area contributed by atoms with Crippen molar-refractivity contribution in [3.63, 3.8) is 0 Å². The maximum atomic E-state index is 12.5. The number of urea groups is 1. The molecule has 2 aliphatic heterocycles. The van der Waals surface area contributed by atoms with Crippen LogP contribution in [0, 0.1) is 0 Å². The molecule has 0 atom stereocenters. The fraction of sp³-hybridized carbons (Fsp3) is 0.529. The van der Waals surface area contributed by atoms with Gasteiger partial charge in [-0.15, -0.1) is 0 Å². The lowest BCUT2D eigenvalue weighted by atomic mass is 10.3. The molecule has 1 fully saturated rings. The van der Waals surface area contributed by atoms with Crippen molar-refractivity contribution < 1.29 is 27.9 Å². The number of carbonyl (C=O) groups is 2. The van der Waals surface area contributed by atoms with Gasteiger partial charge in [-0.1, -0.05) is 0 Å². The van der Waals surface area contributed by atoms with E-state index in [1.807, 2.05) is 32.9 Å². The Labute approximate surface area is 164 Å². The number of carbonyl (C=O) groups excluding carboxylic acids is 1. The van der Waals surface area contributed by atoms with Crippen LogP contribution >= 0.6 is 0 Å². The summed E-state index contributed by atoms with van der Waals surface area (Å²) in [6.07, 6.45) is 2.81. The van der Waals surface area contributed by atoms with E-state index < -0.39 is 12.1 Å². The monoisotopic (exact) mass is 414 g/mol. The number of nitrogens with zero attached hydrogens (tertiary/aromatic N) is 6. The smallest absolute Gasteiger partial charge is 0.475 e. The van der Waals surface area contributed by atoms with Crippen molar-refractivity contribution in [3.8, 4) is 0 Å². The quantitative estimate of drug-likeness (QED) is 0.808. The van der Waals surface area contributed by atoms with Gasteiger partial charge in [-0.05, 0) is 18.9 Å². The van der Waals surface area contributed by atoms with Gasteiger partial charge in [0, 0.05) is 38.6 Å². The minimum Gasteiger partial charge on any atom is -0.475 e. The molecule has 2 aromatic rings. The summed E-state index contributed by atoms with van der Waals surface area (Å²) in [4.78, 5) is 29.8. The second-order valence-corrected chi connectivity index (χ2v) is 6.72. The zero-order chi connectivity index (χ0) is 21.0. The standard InChI is InChI=1S/C15H20N6O.C2HF3O2/c22-15(18-5-1-2-6-18)19-8-9-21-13(10-16-14(21)12-19)11-20-7-3-4-17-20;3-2(4,5)1(6)7/h3-4,7,10H,1-2,5-6,8-9,11-12H2;(H,6,7). The van der Waals surface area contributed by atoms with Crippen molar-refractivity contribution >= 4 is 12.0 Å². The Kier molecular flexibility index (Phi) is 6.09. The van der Waals surface area contributed by atoms with Crippen molar-refractivity contribution in [2.24, 2.45) is 0 Å². The van der Waals surface area contributed by atoms with Gasteiger partial charge in [-0.3, -0.25) is 4.68 Å². The molecule has 29 heavy (non-hydrogen) atoms. The zero-order valence-corrected chi connectivity index (χ0v) is 15.5. The molecule has 158 valence electrons. The third-order valence-corrected chi connectivity index (χ3v) is 4.72. The Balaban J connectivity index is 0.000000298. The van der Waals surface area contributed by atoms with Gasteiger partial charge in [0.1, 0.15) is 5.82 Å². The van der Waals surface area contributed by atoms with E-state index in [1.165, 1.54) is 0 Å². The SMILES string of the molecule is O=C(N1CCCC1)N1CCn2c(Cn3cccn3)cnc2C1.O=C(O)C(F)(F)F. The van der Waals surface area contributed by atoms with Crippen LogP contribution in [0.2, 0.25) is 0 Å². The highest BCUT2D eigenvalue weighted by Crippen LogP contribution is 2.18. The molecule has 2 aliphatic rings. The fourth-order valence-corrected chi connectivity index (χ4v) is 3.28. The number of imidazole rings is 1. The molecule has 0 aromatic carbocycles. The molecule has 4 heterocycles. The average molecular weight is 414 g/mol. The Hall–Kier alpha value is -3.05. The van der Waals surface area contributed by atoms with Crippen LogP contribution in [-0.4, -0.2) is 72.0 Å². The molecule has 1 N–H and O–H groups in total. The van der Waals surface area contributed by atoms with Gasteiger partial charge in [0.25, 0.3) is 0 Å². The van der Waals surface area contributed by atoms with E-state index in [0.29, 0.717) is 6.54 Å². The number of aromatic nitrogens is 4. The molecule has 0 aliphatic carbocycles. The molecule has 0 radical (unpaired) electrons. The van der Waals surface area contributed by atoms with Gasteiger partial charge in [-0.25, -0.2) is 14.6 Å². The third-order valence-electron chi connectivity index (χ3n) is 4.72. The van der Waals surface area contributed by atoms with Crippen molar-refractivity contribution in [2.45, 2.75) is 38.7 Å². The van der Waals surface area contributed by atoms with Crippen LogP contribution in [0.1, 0.15) is 24.4 Å². The van der Waals surface area contributed by atoms with Crippen LogP contribution in [0.4, 0.5) is 18.0 Å². The summed E-state index contributed by atoms with van der Waals surface area (Å²) in [7, 11) is 0. The van der Waals surface area contributed by atoms with Crippen molar-refractivity contribution in [2.75, 3.05) is 19.6 Å². The Morgan fingerprint density at radius 1 is 1.10 bits per heavy atom. The van der Waals surface area contributed by atoms with E-state index >= 15 is 0 Å². The van der Waals surface area contributed by atoms with Crippen LogP contribution in [-0.2, 0) is 24.4 Å². The Bertz CT molecular complexity index is 843. The first-order valence-electron chi connectivity index (χ1n) is 9.10. The Morgan fingerprint density at radius 2 is 1.79 bits per heavy atom. The molecule has 0 spiro atoms. The zero-order valence-electron chi connectivity index (χ0n) is 15.5. The number of halogens is 3. The van der Waals surface area contributed by atoms with Gasteiger partial charge in [0.15, 0.2) is 0 Å². The summed E-state index contributed by atoms with van der Waals surface area (Å²) >= 11 is 0. The lowest BCUT2D eigenvalue weighted by Gasteiger charge is -2.31. The maximum Gasteiger partial charge on any atom is 0.490 e. The van der Waals surface area contributed by atoms with Crippen molar-refractivity contribution in [3.05, 3.63) is 36.2 Å². The number of hydrogen-bond donors (Lipinski definition) is 1. The lowest BCUT2D eigenvalue weighted by molar-refractivity contribution is -0.192. The summed E-state index contributed by atoms with van der Waals surface area (Å²) in [6.45, 7) is 4.69. The minimum absolute atomic E-state index is 0.167. The molecule has 1 saturated heterocycles. The van der Waals surface area contributed by atoms with E-state index in [-0.39, 0.29) is 6.03 Å². The van der Waals surface area contributed by atoms with E-state index in [2.05, 4.69) is 14.6 Å². The number of carboxylic acids is 1. The molecule has 2 amide bonds. The lowest BCUT2D eigenvalue weighted by Crippen LogP contribution is -2.45. The molecular formula is C17H21F3N6O3. The van der Waals surface area contributed by atoms with Crippen LogP contribution < -0.4 is 0 Å². The van der Waals surface area contributed by atoms with Gasteiger partial charge in [0.2, 0.25) is 0 Å². The summed E-state index contributed by atoms with van der Waals surface area (Å²) < 4.78 is 35.8. The number of amides is 2. The fourth-order valence-electron chi connectivity index (χ4n) is 3.28. The van der Waals surface area contributed by atoms with Crippen LogP contribution in [0.5, 0.6) is 0 Å². The number of likely N-dealkylation sites (tertiary alicyclic amines) is 1. The largest absolute Gasteiger partial charge is 0.490 e. The van der Waals surface area contributed by atoms with E-state index in [9.17, 15) is 18.0 Å². The van der Waals surface area contributed by atoms with Gasteiger partial charge < -0.3 is 19.5 Å². The highest BCUT2D eigenvalue weighted by atomic mass is 19.4. The highest BCUT2D eigenvalue weighted by molar-refractivity contribution is 5.74. The van der Waals surface area contributed by atoms with Crippen molar-refractivity contribution in [1.82, 2.24) is 29.1 Å². The number of alkyl halides is 3. The molecule has 0 saturated carbocycles. The summed E-state index contributed by atoms with van der Waals surface area (Å²) in [5.41, 5.74) is 1.15. The van der Waals surface area contributed by atoms with E-state index in [0.717, 1.165) is 57.1 Å². The van der Waals surface area contributed by atoms with Gasteiger partial charge >= 0.3 is 18.2 Å². The third kappa shape index (κ3) is 5.06. The number of carboxylic acid groups (broad SMARTS) is 1. The first kappa shape index (κ1) is 20.7. The molecule has 4 rings (SSSR count). The average Bonchev–Trinajstić information content (AvgIpc) is 3.43. The first-order valence-corrected chi connectivity index (χ1v) is 9.10. The molecule has 12 heteroatoms. The summed E-state index contributed by atoms with van der Waals surface area (Å²) in [5.74, 6) is -1.78. The van der Waals surface area contributed by atoms with E-state index in [4.69, 9.17) is 9.90 Å². The van der Waals surface area contributed by atoms with Gasteiger partial charge in [-0.2, -0.15) is 18.3 Å². The second-order valence-electron chi connectivity index (χ2n) is 6.72. The molecule has 9 nitrogen and oxygen atoms in total. The summed E-state index contributed by atoms with van der Waals surface area (Å²) in [5, 5.41) is 11.4. The minimum atomic E-state index is -5.08. The molecule has 0 bridgehead atoms. The van der Waals surface area contributed by atoms with E-state index in [1.54, 1.807) is 6.20 Å². The number of aliphatic carboxylic acids is 1. The highest BCUT2D eigenvalue weighted by Gasteiger charge is 2.38. The Morgan fingerprint density at radius 3 is 2.38 bits per heavy atom. The predicted octanol–water partition coefficient (Wildman–Crippen LogP) is 1.79. The number of fused-ring (bicyclic) bond motifs is 1. The topological polar surface area (TPSA) is 96.5 Å². The molecule has 0 unspecified atom stereocenters. The maximum absolute atomic E-state index is 12.5. The predicted molar refractivity (Wildman–Crippen MR) is 93.9 cm³/mol. The number of rotatable bonds is 2. The number of hydrogen-bond acceptors (Lipinski definition) is 4. The van der Waals surface area contributed by atoms with Crippen LogP contribution in [0.15, 0.2) is 24.7 Å². The van der Waals surface area contributed by atoms with Crippen LogP contribution in [0.3, 0.4) is 0 Å². The van der Waals surface area contributed by atoms with Crippen LogP contribution in [0.25, 0.3) is 0 Å². The summed E-state index contributed by atoms with van der Waals surface area (Å²) in [6, 6.07) is 2.09. The van der Waals surface area contributed by atoms with Crippen molar-refractivity contribution in [1.29, 1.82) is 0 Å².